The van der Waals surface area contributed by atoms with Gasteiger partial charge in [0.05, 0.1) is 31.5 Å². The summed E-state index contributed by atoms with van der Waals surface area (Å²) < 4.78 is 0. The first-order chi connectivity index (χ1) is 13.0. The topological polar surface area (TPSA) is 86.9 Å². The standard InChI is InChI=1S/C18H10Cl2N4O2S/c19-11-2-1-3-12(20)15(11)23-18-24-17(26)14(27-18)7-9-4-5-13-10(6-9)16(25)22-8-21-13/h1-8,26H,(H,23,24). The van der Waals surface area contributed by atoms with Gasteiger partial charge in [-0.25, -0.2) is 4.99 Å². The van der Waals surface area contributed by atoms with Crippen LogP contribution in [-0.2, 0) is 0 Å². The third kappa shape index (κ3) is 3.57. The van der Waals surface area contributed by atoms with Gasteiger partial charge in [0.2, 0.25) is 5.88 Å². The number of aromatic hydroxyl groups is 1. The zero-order valence-electron chi connectivity index (χ0n) is 13.5. The number of nitrogens with zero attached hydrogens (tertiary/aromatic N) is 3. The van der Waals surface area contributed by atoms with E-state index in [4.69, 9.17) is 23.2 Å². The van der Waals surface area contributed by atoms with Crippen LogP contribution in [0, 0.1) is 0 Å². The Morgan fingerprint density at radius 2 is 1.93 bits per heavy atom. The Morgan fingerprint density at radius 3 is 2.70 bits per heavy atom. The van der Waals surface area contributed by atoms with E-state index in [-0.39, 0.29) is 11.8 Å². The summed E-state index contributed by atoms with van der Waals surface area (Å²) in [5.74, 6) is -0.489. The fraction of sp³-hybridized carbons (Fsp3) is 0. The fourth-order valence-electron chi connectivity index (χ4n) is 2.49. The lowest BCUT2D eigenvalue weighted by atomic mass is 10.1. The Hall–Kier alpha value is -2.74. The maximum atomic E-state index is 11.9. The molecule has 0 radical (unpaired) electrons. The molecule has 0 unspecified atom stereocenters. The normalized spacial score (nSPS) is 13.4. The lowest BCUT2D eigenvalue weighted by Gasteiger charge is -2.06. The van der Waals surface area contributed by atoms with Crippen LogP contribution in [0.2, 0.25) is 10.0 Å². The quantitative estimate of drug-likeness (QED) is 0.683. The molecule has 0 spiro atoms. The van der Waals surface area contributed by atoms with Gasteiger partial charge < -0.3 is 10.4 Å². The predicted octanol–water partition coefficient (Wildman–Crippen LogP) is 3.53. The number of nitrogens with one attached hydrogen (secondary N) is 1. The van der Waals surface area contributed by atoms with Gasteiger partial charge in [0.25, 0.3) is 5.91 Å². The first-order valence-corrected chi connectivity index (χ1v) is 9.26. The smallest absolute Gasteiger partial charge is 0.280 e. The van der Waals surface area contributed by atoms with Gasteiger partial charge in [0.15, 0.2) is 5.13 Å². The third-order valence-corrected chi connectivity index (χ3v) is 5.29. The summed E-state index contributed by atoms with van der Waals surface area (Å²) >= 11 is 13.5. The highest BCUT2D eigenvalue weighted by Gasteiger charge is 2.13. The van der Waals surface area contributed by atoms with E-state index in [1.165, 1.54) is 17.7 Å². The van der Waals surface area contributed by atoms with Gasteiger partial charge in [0, 0.05) is 0 Å². The molecule has 3 aromatic rings. The van der Waals surface area contributed by atoms with Crippen LogP contribution in [0.5, 0.6) is 5.88 Å². The summed E-state index contributed by atoms with van der Waals surface area (Å²) in [5, 5.41) is 15.8. The van der Waals surface area contributed by atoms with Crippen LogP contribution in [0.15, 0.2) is 46.4 Å². The highest BCUT2D eigenvalue weighted by molar-refractivity contribution is 7.16. The average Bonchev–Trinajstić information content (AvgIpc) is 2.98. The van der Waals surface area contributed by atoms with E-state index in [2.05, 4.69) is 20.3 Å². The van der Waals surface area contributed by atoms with Crippen LogP contribution in [0.4, 0.5) is 10.8 Å². The molecule has 4 rings (SSSR count). The summed E-state index contributed by atoms with van der Waals surface area (Å²) in [7, 11) is 0. The summed E-state index contributed by atoms with van der Waals surface area (Å²) in [6, 6.07) is 10.3. The number of carbonyl (C=O) groups is 1. The van der Waals surface area contributed by atoms with E-state index >= 15 is 0 Å². The molecule has 6 nitrogen and oxygen atoms in total. The van der Waals surface area contributed by atoms with Crippen molar-refractivity contribution < 1.29 is 9.90 Å². The van der Waals surface area contributed by atoms with E-state index in [1.807, 2.05) is 0 Å². The second-order valence-corrected chi connectivity index (χ2v) is 7.37. The number of fused-ring (bicyclic) bond motifs is 1. The predicted molar refractivity (Wildman–Crippen MR) is 107 cm³/mol. The molecule has 1 aliphatic heterocycles. The Kier molecular flexibility index (Phi) is 4.65. The van der Waals surface area contributed by atoms with Gasteiger partial charge in [-0.05, 0) is 35.6 Å². The molecule has 0 bridgehead atoms. The first kappa shape index (κ1) is 17.7. The minimum atomic E-state index is -0.348. The second kappa shape index (κ2) is 7.11. The number of aromatic nitrogens is 1. The number of rotatable bonds is 3. The van der Waals surface area contributed by atoms with Crippen molar-refractivity contribution in [2.24, 2.45) is 9.98 Å². The lowest BCUT2D eigenvalue weighted by Crippen LogP contribution is -2.21. The van der Waals surface area contributed by atoms with Crippen molar-refractivity contribution in [1.82, 2.24) is 4.98 Å². The molecule has 0 fully saturated rings. The molecule has 9 heteroatoms. The van der Waals surface area contributed by atoms with Gasteiger partial charge in [0.1, 0.15) is 6.34 Å². The van der Waals surface area contributed by atoms with Crippen LogP contribution in [0.3, 0.4) is 0 Å². The largest absolute Gasteiger partial charge is 0.492 e. The molecule has 1 aromatic heterocycles. The molecule has 134 valence electrons. The maximum absolute atomic E-state index is 11.9. The minimum Gasteiger partial charge on any atom is -0.492 e. The van der Waals surface area contributed by atoms with E-state index in [9.17, 15) is 9.90 Å². The van der Waals surface area contributed by atoms with Gasteiger partial charge in [-0.15, -0.1) is 0 Å². The Bertz CT molecular complexity index is 1200. The monoisotopic (exact) mass is 416 g/mol. The van der Waals surface area contributed by atoms with Crippen LogP contribution in [0.25, 0.3) is 6.08 Å². The highest BCUT2D eigenvalue weighted by Crippen LogP contribution is 2.36. The average molecular weight is 417 g/mol. The zero-order valence-corrected chi connectivity index (χ0v) is 15.8. The van der Waals surface area contributed by atoms with Gasteiger partial charge in [-0.3, -0.25) is 4.79 Å². The van der Waals surface area contributed by atoms with Crippen molar-refractivity contribution in [3.05, 3.63) is 67.5 Å². The summed E-state index contributed by atoms with van der Waals surface area (Å²) in [5.41, 5.74) is 0.927. The molecule has 2 heterocycles. The number of hydrogen-bond acceptors (Lipinski definition) is 6. The van der Waals surface area contributed by atoms with Crippen molar-refractivity contribution in [2.45, 2.75) is 0 Å². The van der Waals surface area contributed by atoms with Crippen LogP contribution in [0.1, 0.15) is 15.2 Å². The molecule has 1 amide bonds. The molecular formula is C18H10Cl2N4O2S. The Labute approximate surface area is 167 Å². The number of anilines is 2. The van der Waals surface area contributed by atoms with E-state index < -0.39 is 0 Å². The Morgan fingerprint density at radius 1 is 1.15 bits per heavy atom. The van der Waals surface area contributed by atoms with Crippen LogP contribution in [-0.4, -0.2) is 22.3 Å². The molecule has 2 N–H and O–H groups in total. The van der Waals surface area contributed by atoms with Crippen molar-refractivity contribution in [2.75, 3.05) is 5.32 Å². The van der Waals surface area contributed by atoms with Crippen molar-refractivity contribution >= 4 is 63.7 Å². The van der Waals surface area contributed by atoms with E-state index in [1.54, 1.807) is 42.5 Å². The van der Waals surface area contributed by atoms with Gasteiger partial charge >= 0.3 is 0 Å². The minimum absolute atomic E-state index is 0.141. The van der Waals surface area contributed by atoms with Crippen LogP contribution < -0.4 is 15.9 Å². The maximum Gasteiger partial charge on any atom is 0.280 e. The van der Waals surface area contributed by atoms with Crippen molar-refractivity contribution in [3.63, 3.8) is 0 Å². The number of aliphatic imine (C=N–C) groups is 1. The molecule has 2 aromatic carbocycles. The first-order valence-electron chi connectivity index (χ1n) is 7.68. The highest BCUT2D eigenvalue weighted by atomic mass is 35.5. The Balaban J connectivity index is 1.70. The number of halogens is 2. The number of hydrogen-bond donors (Lipinski definition) is 2. The number of amides is 1. The molecule has 0 saturated heterocycles. The second-order valence-electron chi connectivity index (χ2n) is 5.53. The lowest BCUT2D eigenvalue weighted by molar-refractivity contribution is 0.100. The molecule has 0 atom stereocenters. The number of para-hydroxylation sites is 1. The molecule has 0 aliphatic carbocycles. The molecule has 1 aliphatic rings. The molecular weight excluding hydrogens is 407 g/mol. The third-order valence-electron chi connectivity index (χ3n) is 3.75. The number of benzene rings is 2. The van der Waals surface area contributed by atoms with Gasteiger partial charge in [-0.1, -0.05) is 46.7 Å². The van der Waals surface area contributed by atoms with E-state index in [0.717, 1.165) is 5.22 Å². The molecule has 0 saturated carbocycles. The summed E-state index contributed by atoms with van der Waals surface area (Å²) in [6.45, 7) is 0. The van der Waals surface area contributed by atoms with Crippen molar-refractivity contribution in [3.8, 4) is 5.88 Å². The number of thiazole rings is 1. The number of carbonyl (C=O) groups excluding carboxylic acids is 1. The summed E-state index contributed by atoms with van der Waals surface area (Å²) in [6.07, 6.45) is 2.96. The van der Waals surface area contributed by atoms with Crippen LogP contribution >= 0.6 is 34.5 Å². The van der Waals surface area contributed by atoms with Crippen molar-refractivity contribution in [1.29, 1.82) is 0 Å². The fourth-order valence-corrected chi connectivity index (χ4v) is 3.80. The van der Waals surface area contributed by atoms with E-state index in [0.29, 0.717) is 36.7 Å². The van der Waals surface area contributed by atoms with Gasteiger partial charge in [-0.2, -0.15) is 9.98 Å². The summed E-state index contributed by atoms with van der Waals surface area (Å²) in [4.78, 5) is 24.2. The SMILES string of the molecule is O=C1N=CN=c2ccc(=Cc3sc(Nc4c(Cl)cccc4Cl)nc3O)cc21. The molecule has 27 heavy (non-hydrogen) atoms. The zero-order chi connectivity index (χ0) is 19.0.